The van der Waals surface area contributed by atoms with Crippen molar-refractivity contribution < 1.29 is 4.79 Å². The second-order valence-corrected chi connectivity index (χ2v) is 9.72. The molecule has 5 nitrogen and oxygen atoms in total. The van der Waals surface area contributed by atoms with Crippen LogP contribution < -0.4 is 5.32 Å². The molecule has 0 saturated heterocycles. The summed E-state index contributed by atoms with van der Waals surface area (Å²) in [7, 11) is 0. The van der Waals surface area contributed by atoms with Crippen LogP contribution in [0.15, 0.2) is 84.9 Å². The largest absolute Gasteiger partial charge is 0.353 e. The summed E-state index contributed by atoms with van der Waals surface area (Å²) >= 11 is 6.36. The van der Waals surface area contributed by atoms with Crippen LogP contribution in [-0.2, 0) is 11.2 Å². The summed E-state index contributed by atoms with van der Waals surface area (Å²) in [5.74, 6) is -0.0148. The van der Waals surface area contributed by atoms with Gasteiger partial charge in [-0.3, -0.25) is 9.78 Å². The fourth-order valence-corrected chi connectivity index (χ4v) is 5.13. The van der Waals surface area contributed by atoms with Crippen LogP contribution in [0.5, 0.6) is 0 Å². The van der Waals surface area contributed by atoms with Crippen LogP contribution in [0.2, 0.25) is 5.02 Å². The molecule has 3 aromatic heterocycles. The molecule has 0 atom stereocenters. The Bertz CT molecular complexity index is 1790. The van der Waals surface area contributed by atoms with E-state index in [2.05, 4.69) is 27.4 Å². The number of aromatic nitrogens is 3. The molecule has 0 saturated carbocycles. The highest BCUT2D eigenvalue weighted by Gasteiger charge is 2.16. The summed E-state index contributed by atoms with van der Waals surface area (Å²) < 4.78 is 0. The number of fused-ring (bicyclic) bond motifs is 3. The molecule has 0 bridgehead atoms. The van der Waals surface area contributed by atoms with Crippen LogP contribution in [0, 0.1) is 6.92 Å². The highest BCUT2D eigenvalue weighted by molar-refractivity contribution is 6.31. The number of carbonyl (C=O) groups is 1. The second kappa shape index (κ2) is 9.68. The van der Waals surface area contributed by atoms with E-state index in [0.717, 1.165) is 61.0 Å². The summed E-state index contributed by atoms with van der Waals surface area (Å²) in [6.45, 7) is 1.94. The number of H-pyrrole nitrogens is 1. The van der Waals surface area contributed by atoms with E-state index in [1.165, 1.54) is 0 Å². The Labute approximate surface area is 219 Å². The number of amides is 1. The lowest BCUT2D eigenvalue weighted by Crippen LogP contribution is -2.12. The number of para-hydroxylation sites is 2. The lowest BCUT2D eigenvalue weighted by Gasteiger charge is -2.10. The van der Waals surface area contributed by atoms with E-state index >= 15 is 0 Å². The van der Waals surface area contributed by atoms with Crippen molar-refractivity contribution in [1.82, 2.24) is 15.0 Å². The average molecular weight is 505 g/mol. The van der Waals surface area contributed by atoms with Crippen LogP contribution in [-0.4, -0.2) is 20.9 Å². The first kappa shape index (κ1) is 23.2. The smallest absolute Gasteiger partial charge is 0.224 e. The number of aryl methyl sites for hydroxylation is 2. The van der Waals surface area contributed by atoms with E-state index in [1.807, 2.05) is 79.7 Å². The number of carbonyl (C=O) groups excluding carboxylic acids is 1. The molecular weight excluding hydrogens is 480 g/mol. The van der Waals surface area contributed by atoms with Gasteiger partial charge in [0, 0.05) is 38.8 Å². The molecule has 0 unspecified atom stereocenters. The molecule has 0 aliphatic carbocycles. The number of benzene rings is 3. The molecule has 1 amide bonds. The fourth-order valence-electron chi connectivity index (χ4n) is 4.95. The minimum atomic E-state index is -0.0148. The Hall–Kier alpha value is -4.22. The van der Waals surface area contributed by atoms with Gasteiger partial charge in [0.25, 0.3) is 0 Å². The van der Waals surface area contributed by atoms with Crippen molar-refractivity contribution in [3.05, 3.63) is 101 Å². The van der Waals surface area contributed by atoms with Gasteiger partial charge in [0.15, 0.2) is 0 Å². The molecule has 6 heteroatoms. The van der Waals surface area contributed by atoms with Gasteiger partial charge in [-0.1, -0.05) is 54.1 Å². The first-order valence-corrected chi connectivity index (χ1v) is 12.8. The van der Waals surface area contributed by atoms with E-state index in [-0.39, 0.29) is 5.91 Å². The Morgan fingerprint density at radius 3 is 2.59 bits per heavy atom. The lowest BCUT2D eigenvalue weighted by atomic mass is 10.0. The molecule has 182 valence electrons. The number of pyridine rings is 2. The molecule has 37 heavy (non-hydrogen) atoms. The Kier molecular flexibility index (Phi) is 6.07. The SMILES string of the molecule is Cc1cc(NC(=O)CCCc2c(-c3ccc4ccccc4n3)[nH]c3ccc(Cl)cc23)c2ccccc2n1. The maximum Gasteiger partial charge on any atom is 0.224 e. The fraction of sp³-hybridized carbons (Fsp3) is 0.129. The number of hydrogen-bond acceptors (Lipinski definition) is 3. The number of nitrogens with one attached hydrogen (secondary N) is 2. The molecule has 2 N–H and O–H groups in total. The normalized spacial score (nSPS) is 11.4. The van der Waals surface area contributed by atoms with Crippen molar-refractivity contribution in [2.24, 2.45) is 0 Å². The van der Waals surface area contributed by atoms with Gasteiger partial charge in [0.05, 0.1) is 28.1 Å². The number of aromatic amines is 1. The molecule has 0 fully saturated rings. The summed E-state index contributed by atoms with van der Waals surface area (Å²) in [5, 5.41) is 6.89. The zero-order valence-electron chi connectivity index (χ0n) is 20.4. The van der Waals surface area contributed by atoms with E-state index in [0.29, 0.717) is 24.3 Å². The predicted octanol–water partition coefficient (Wildman–Crippen LogP) is 7.85. The number of halogens is 1. The van der Waals surface area contributed by atoms with E-state index in [1.54, 1.807) is 0 Å². The standard InChI is InChI=1S/C31H25ClN4O/c1-19-17-29(23-8-3-5-11-26(23)33-19)35-30(37)12-6-9-22-24-18-21(32)14-16-27(24)36-31(22)28-15-13-20-7-2-4-10-25(20)34-28/h2-5,7-8,10-11,13-18,36H,6,9,12H2,1H3,(H,33,35,37). The molecule has 6 aromatic rings. The van der Waals surface area contributed by atoms with Crippen molar-refractivity contribution in [2.75, 3.05) is 5.32 Å². The first-order valence-electron chi connectivity index (χ1n) is 12.4. The maximum absolute atomic E-state index is 12.9. The molecule has 3 heterocycles. The third-order valence-electron chi connectivity index (χ3n) is 6.67. The van der Waals surface area contributed by atoms with Gasteiger partial charge >= 0.3 is 0 Å². The van der Waals surface area contributed by atoms with E-state index in [4.69, 9.17) is 16.6 Å². The van der Waals surface area contributed by atoms with Crippen molar-refractivity contribution in [2.45, 2.75) is 26.2 Å². The Morgan fingerprint density at radius 2 is 1.70 bits per heavy atom. The van der Waals surface area contributed by atoms with E-state index < -0.39 is 0 Å². The van der Waals surface area contributed by atoms with Crippen molar-refractivity contribution in [1.29, 1.82) is 0 Å². The molecular formula is C31H25ClN4O. The lowest BCUT2D eigenvalue weighted by molar-refractivity contribution is -0.116. The van der Waals surface area contributed by atoms with Crippen LogP contribution in [0.25, 0.3) is 44.1 Å². The minimum Gasteiger partial charge on any atom is -0.353 e. The third kappa shape index (κ3) is 4.66. The van der Waals surface area contributed by atoms with Gasteiger partial charge in [-0.15, -0.1) is 0 Å². The predicted molar refractivity (Wildman–Crippen MR) is 152 cm³/mol. The van der Waals surface area contributed by atoms with Gasteiger partial charge in [0.2, 0.25) is 5.91 Å². The van der Waals surface area contributed by atoms with Gasteiger partial charge in [-0.05, 0) is 67.8 Å². The van der Waals surface area contributed by atoms with E-state index in [9.17, 15) is 4.79 Å². The number of anilines is 1. The maximum atomic E-state index is 12.9. The highest BCUT2D eigenvalue weighted by atomic mass is 35.5. The summed E-state index contributed by atoms with van der Waals surface area (Å²) in [6, 6.07) is 27.9. The molecule has 6 rings (SSSR count). The molecule has 0 radical (unpaired) electrons. The third-order valence-corrected chi connectivity index (χ3v) is 6.91. The van der Waals surface area contributed by atoms with Crippen LogP contribution in [0.3, 0.4) is 0 Å². The monoisotopic (exact) mass is 504 g/mol. The number of rotatable bonds is 6. The molecule has 0 spiro atoms. The second-order valence-electron chi connectivity index (χ2n) is 9.29. The quantitative estimate of drug-likeness (QED) is 0.242. The summed E-state index contributed by atoms with van der Waals surface area (Å²) in [6.07, 6.45) is 1.80. The first-order chi connectivity index (χ1) is 18.0. The summed E-state index contributed by atoms with van der Waals surface area (Å²) in [4.78, 5) is 26.0. The Balaban J connectivity index is 1.26. The summed E-state index contributed by atoms with van der Waals surface area (Å²) in [5.41, 5.74) is 7.47. The number of nitrogens with zero attached hydrogens (tertiary/aromatic N) is 2. The Morgan fingerprint density at radius 1 is 0.892 bits per heavy atom. The van der Waals surface area contributed by atoms with Gasteiger partial charge in [-0.25, -0.2) is 4.98 Å². The minimum absolute atomic E-state index is 0.0148. The highest BCUT2D eigenvalue weighted by Crippen LogP contribution is 2.33. The van der Waals surface area contributed by atoms with Gasteiger partial charge in [-0.2, -0.15) is 0 Å². The van der Waals surface area contributed by atoms with Crippen molar-refractivity contribution >= 4 is 55.9 Å². The molecule has 3 aromatic carbocycles. The number of hydrogen-bond donors (Lipinski definition) is 2. The van der Waals surface area contributed by atoms with Crippen LogP contribution in [0.1, 0.15) is 24.1 Å². The van der Waals surface area contributed by atoms with Crippen LogP contribution >= 0.6 is 11.6 Å². The average Bonchev–Trinajstić information content (AvgIpc) is 3.26. The zero-order valence-corrected chi connectivity index (χ0v) is 21.1. The van der Waals surface area contributed by atoms with Crippen molar-refractivity contribution in [3.63, 3.8) is 0 Å². The van der Waals surface area contributed by atoms with Gasteiger partial charge in [0.1, 0.15) is 0 Å². The van der Waals surface area contributed by atoms with Gasteiger partial charge < -0.3 is 10.3 Å². The van der Waals surface area contributed by atoms with Crippen molar-refractivity contribution in [3.8, 4) is 11.4 Å². The topological polar surface area (TPSA) is 70.7 Å². The zero-order chi connectivity index (χ0) is 25.4. The molecule has 0 aliphatic rings. The molecule has 0 aliphatic heterocycles. The van der Waals surface area contributed by atoms with Crippen LogP contribution in [0.4, 0.5) is 5.69 Å².